The maximum Gasteiger partial charge on any atom is 0.356 e. The van der Waals surface area contributed by atoms with E-state index in [-0.39, 0.29) is 46.3 Å². The zero-order valence-electron chi connectivity index (χ0n) is 17.4. The summed E-state index contributed by atoms with van der Waals surface area (Å²) in [4.78, 5) is 48.0. The van der Waals surface area contributed by atoms with Crippen LogP contribution in [0.2, 0.25) is 0 Å². The molecule has 1 fully saturated rings. The molecule has 2 aromatic rings. The number of carboxylic acids is 1. The molecule has 17 heteroatoms. The molecule has 0 aromatic carbocycles. The molecule has 2 aliphatic heterocycles. The van der Waals surface area contributed by atoms with Crippen LogP contribution in [0.4, 0.5) is 5.13 Å². The summed E-state index contributed by atoms with van der Waals surface area (Å²) in [6, 6.07) is -1.69. The molecule has 0 radical (unpaired) electrons. The van der Waals surface area contributed by atoms with Gasteiger partial charge < -0.3 is 25.7 Å². The minimum atomic E-state index is -1.30. The van der Waals surface area contributed by atoms with Crippen molar-refractivity contribution < 1.29 is 29.1 Å². The lowest BCUT2D eigenvalue weighted by Crippen LogP contribution is -2.73. The van der Waals surface area contributed by atoms with E-state index in [1.54, 1.807) is 17.1 Å². The number of β-lactam (4-membered cyclic amide) rings is 1. The maximum absolute atomic E-state index is 12.9. The number of hydrogen-bond donors (Lipinski definition) is 3. The molecule has 2 amide bonds. The molecule has 4 rings (SSSR count). The van der Waals surface area contributed by atoms with Crippen molar-refractivity contribution in [3.05, 3.63) is 28.0 Å². The largest absolute Gasteiger partial charge is 0.492 e. The van der Waals surface area contributed by atoms with Crippen LogP contribution < -0.4 is 11.1 Å². The van der Waals surface area contributed by atoms with Crippen LogP contribution in [0.3, 0.4) is 0 Å². The van der Waals surface area contributed by atoms with E-state index in [0.29, 0.717) is 4.34 Å². The second kappa shape index (κ2) is 10.6. The van der Waals surface area contributed by atoms with Gasteiger partial charge in [0.25, 0.3) is 11.8 Å². The Bertz CT molecular complexity index is 1150. The summed E-state index contributed by atoms with van der Waals surface area (Å²) in [5, 5.41) is 25.6. The van der Waals surface area contributed by atoms with Crippen molar-refractivity contribution in [1.29, 1.82) is 0 Å². The molecule has 2 aliphatic rings. The van der Waals surface area contributed by atoms with Gasteiger partial charge in [-0.05, 0) is 6.26 Å². The Balaban J connectivity index is 1.49. The predicted octanol–water partition coefficient (Wildman–Crippen LogP) is 0.432. The Morgan fingerprint density at radius 2 is 2.29 bits per heavy atom. The van der Waals surface area contributed by atoms with Crippen LogP contribution in [0.5, 0.6) is 0 Å². The third-order valence-electron chi connectivity index (χ3n) is 4.62. The predicted molar refractivity (Wildman–Crippen MR) is 126 cm³/mol. The summed E-state index contributed by atoms with van der Waals surface area (Å²) in [6.07, 6.45) is 1.80. The number of thiazole rings is 1. The molecular formula is C17H17N7O6S4. The first-order chi connectivity index (χ1) is 16.4. The molecule has 4 heterocycles. The van der Waals surface area contributed by atoms with Crippen LogP contribution >= 0.6 is 46.2 Å². The molecule has 0 saturated carbocycles. The van der Waals surface area contributed by atoms with Gasteiger partial charge in [0.15, 0.2) is 26.8 Å². The van der Waals surface area contributed by atoms with Gasteiger partial charge >= 0.3 is 5.97 Å². The van der Waals surface area contributed by atoms with Crippen molar-refractivity contribution in [1.82, 2.24) is 25.4 Å². The van der Waals surface area contributed by atoms with Gasteiger partial charge in [0.2, 0.25) is 0 Å². The minimum Gasteiger partial charge on any atom is -0.492 e. The van der Waals surface area contributed by atoms with Crippen molar-refractivity contribution in [3.8, 4) is 0 Å². The van der Waals surface area contributed by atoms with Gasteiger partial charge in [-0.3, -0.25) is 14.5 Å². The van der Waals surface area contributed by atoms with Crippen LogP contribution in [0.25, 0.3) is 0 Å². The fourth-order valence-corrected chi connectivity index (χ4v) is 5.32. The van der Waals surface area contributed by atoms with Gasteiger partial charge in [0, 0.05) is 5.38 Å². The van der Waals surface area contributed by atoms with Gasteiger partial charge in [-0.2, -0.15) is 0 Å². The fourth-order valence-electron chi connectivity index (χ4n) is 3.18. The molecule has 0 aliphatic carbocycles. The quantitative estimate of drug-likeness (QED) is 0.0940. The van der Waals surface area contributed by atoms with Crippen LogP contribution in [0.1, 0.15) is 5.69 Å². The smallest absolute Gasteiger partial charge is 0.356 e. The summed E-state index contributed by atoms with van der Waals surface area (Å²) >= 11 is 5.04. The molecule has 0 bridgehead atoms. The number of rotatable bonds is 10. The monoisotopic (exact) mass is 543 g/mol. The summed E-state index contributed by atoms with van der Waals surface area (Å²) in [6.45, 7) is 0.0125. The number of nitrogens with two attached hydrogens (primary N) is 1. The van der Waals surface area contributed by atoms with Crippen molar-refractivity contribution >= 4 is 74.8 Å². The summed E-state index contributed by atoms with van der Waals surface area (Å²) in [7, 11) is 0. The van der Waals surface area contributed by atoms with Gasteiger partial charge in [0.05, 0.1) is 5.75 Å². The average Bonchev–Trinajstić information content (AvgIpc) is 3.49. The molecule has 4 N–H and O–H groups in total. The van der Waals surface area contributed by atoms with E-state index in [2.05, 4.69) is 25.7 Å². The minimum absolute atomic E-state index is 0.0125. The first-order valence-electron chi connectivity index (χ1n) is 9.43. The topological polar surface area (TPSA) is 182 Å². The zero-order chi connectivity index (χ0) is 24.2. The number of thioether (sulfide) groups is 2. The number of carboxylic acid groups (broad SMARTS) is 1. The second-order valence-electron chi connectivity index (χ2n) is 6.65. The third kappa shape index (κ3) is 4.96. The zero-order valence-corrected chi connectivity index (χ0v) is 20.6. The summed E-state index contributed by atoms with van der Waals surface area (Å²) in [5.41, 5.74) is 7.02. The molecule has 2 atom stereocenters. The number of fused-ring (bicyclic) bond motifs is 1. The molecule has 13 nitrogen and oxygen atoms in total. The standard InChI is InChI=1S/C17H17N7O6S4/c1-31-6-30-23-10(7-3-32-16(18)20-7)13(25)21-11-8-2-29-9(4-33-17-22-19-5-34-17)12(15(27)28)24(8)14(11)26/h3,5,8,11H,2,4,6H2,1H3,(H2,18,20)(H,21,25)(H,27,28)/b23-10-. The highest BCUT2D eigenvalue weighted by atomic mass is 32.2. The van der Waals surface area contributed by atoms with Crippen LogP contribution in [-0.2, 0) is 24.0 Å². The van der Waals surface area contributed by atoms with E-state index in [0.717, 1.165) is 16.2 Å². The molecule has 2 unspecified atom stereocenters. The first kappa shape index (κ1) is 24.2. The van der Waals surface area contributed by atoms with E-state index in [1.165, 1.54) is 34.9 Å². The van der Waals surface area contributed by atoms with E-state index < -0.39 is 29.9 Å². The lowest BCUT2D eigenvalue weighted by molar-refractivity contribution is -0.160. The Morgan fingerprint density at radius 1 is 1.47 bits per heavy atom. The van der Waals surface area contributed by atoms with Crippen LogP contribution in [-0.4, -0.2) is 85.3 Å². The Morgan fingerprint density at radius 3 is 2.94 bits per heavy atom. The number of carbonyl (C=O) groups is 3. The first-order valence-corrected chi connectivity index (χ1v) is 13.6. The lowest BCUT2D eigenvalue weighted by atomic mass is 9.92. The van der Waals surface area contributed by atoms with E-state index in [9.17, 15) is 19.5 Å². The molecule has 1 saturated heterocycles. The lowest BCUT2D eigenvalue weighted by Gasteiger charge is -2.49. The highest BCUT2D eigenvalue weighted by Crippen LogP contribution is 2.35. The maximum atomic E-state index is 12.9. The Kier molecular flexibility index (Phi) is 7.54. The number of nitrogens with one attached hydrogen (secondary N) is 1. The Hall–Kier alpha value is -2.89. The summed E-state index contributed by atoms with van der Waals surface area (Å²) in [5.74, 6) is -2.07. The van der Waals surface area contributed by atoms with E-state index in [1.807, 2.05) is 0 Å². The third-order valence-corrected chi connectivity index (χ3v) is 7.49. The highest BCUT2D eigenvalue weighted by molar-refractivity contribution is 8.01. The fraction of sp³-hybridized carbons (Fsp3) is 0.353. The molecule has 34 heavy (non-hydrogen) atoms. The number of carbonyl (C=O) groups excluding carboxylic acids is 2. The number of ether oxygens (including phenoxy) is 1. The van der Waals surface area contributed by atoms with Crippen molar-refractivity contribution in [2.45, 2.75) is 16.4 Å². The number of nitrogen functional groups attached to an aromatic ring is 1. The number of oxime groups is 1. The second-order valence-corrected chi connectivity index (χ2v) is 10.4. The number of anilines is 1. The normalized spacial score (nSPS) is 19.9. The number of amides is 2. The van der Waals surface area contributed by atoms with Gasteiger partial charge in [-0.15, -0.1) is 33.3 Å². The van der Waals surface area contributed by atoms with Crippen molar-refractivity contribution in [2.24, 2.45) is 5.16 Å². The average molecular weight is 544 g/mol. The van der Waals surface area contributed by atoms with Gasteiger partial charge in [-0.1, -0.05) is 28.3 Å². The summed E-state index contributed by atoms with van der Waals surface area (Å²) < 4.78 is 6.32. The number of hydrogen-bond acceptors (Lipinski definition) is 14. The number of aromatic nitrogens is 3. The Labute approximate surface area is 208 Å². The number of nitrogens with zero attached hydrogens (tertiary/aromatic N) is 5. The van der Waals surface area contributed by atoms with Gasteiger partial charge in [0.1, 0.15) is 35.7 Å². The molecular weight excluding hydrogens is 526 g/mol. The SMILES string of the molecule is CSCO/N=C(\C(=O)NC1C(=O)N2C(C(=O)O)=C(CSc3nncs3)OCC12)c1csc(N)n1. The molecule has 0 spiro atoms. The molecule has 180 valence electrons. The van der Waals surface area contributed by atoms with E-state index >= 15 is 0 Å². The van der Waals surface area contributed by atoms with Crippen LogP contribution in [0, 0.1) is 0 Å². The van der Waals surface area contributed by atoms with Crippen molar-refractivity contribution in [2.75, 3.05) is 30.3 Å². The molecule has 2 aromatic heterocycles. The van der Waals surface area contributed by atoms with Crippen molar-refractivity contribution in [3.63, 3.8) is 0 Å². The van der Waals surface area contributed by atoms with E-state index in [4.69, 9.17) is 15.3 Å². The van der Waals surface area contributed by atoms with Gasteiger partial charge in [-0.25, -0.2) is 9.78 Å². The van der Waals surface area contributed by atoms with Crippen LogP contribution in [0.15, 0.2) is 31.8 Å². The highest BCUT2D eigenvalue weighted by Gasteiger charge is 2.55. The number of aliphatic carboxylic acids is 1.